The molecule has 0 fully saturated rings. The third-order valence-corrected chi connectivity index (χ3v) is 20.6. The van der Waals surface area contributed by atoms with Crippen molar-refractivity contribution in [1.29, 1.82) is 0 Å². The zero-order valence-electron chi connectivity index (χ0n) is 22.0. The average molecular weight is 458 g/mol. The zero-order valence-corrected chi connectivity index (χ0v) is 24.7. The summed E-state index contributed by atoms with van der Waals surface area (Å²) in [5.74, 6) is 0. The normalized spacial score (nSPS) is 21.3. The molecule has 0 aliphatic carbocycles. The SMILES string of the molecule is CCC(C)P(C)(C)(C)OB(OP(C)(C)(C)C(C)CC)OP(C)(C)(C)C(C)CC. The van der Waals surface area contributed by atoms with Gasteiger partial charge in [0.25, 0.3) is 0 Å². The second-order valence-electron chi connectivity index (χ2n) is 12.7. The van der Waals surface area contributed by atoms with Gasteiger partial charge in [0.2, 0.25) is 0 Å². The van der Waals surface area contributed by atoms with Crippen LogP contribution in [0.15, 0.2) is 0 Å². The predicted molar refractivity (Wildman–Crippen MR) is 142 cm³/mol. The number of rotatable bonds is 12. The van der Waals surface area contributed by atoms with Gasteiger partial charge in [0, 0.05) is 0 Å². The summed E-state index contributed by atoms with van der Waals surface area (Å²) in [6.07, 6.45) is 3.31. The van der Waals surface area contributed by atoms with Crippen LogP contribution >= 0.6 is 20.5 Å². The molecule has 0 amide bonds. The van der Waals surface area contributed by atoms with Gasteiger partial charge < -0.3 is 0 Å². The van der Waals surface area contributed by atoms with E-state index in [-0.39, 0.29) is 0 Å². The van der Waals surface area contributed by atoms with E-state index in [0.717, 1.165) is 19.3 Å². The third kappa shape index (κ3) is 7.73. The predicted octanol–water partition coefficient (Wildman–Crippen LogP) is 7.49. The van der Waals surface area contributed by atoms with Crippen LogP contribution in [0, 0.1) is 0 Å². The van der Waals surface area contributed by atoms with Gasteiger partial charge in [-0.25, -0.2) is 0 Å². The molecule has 0 aromatic heterocycles. The summed E-state index contributed by atoms with van der Waals surface area (Å²) in [5.41, 5.74) is 1.50. The van der Waals surface area contributed by atoms with Gasteiger partial charge in [0.15, 0.2) is 0 Å². The van der Waals surface area contributed by atoms with Gasteiger partial charge in [-0.1, -0.05) is 0 Å². The Morgan fingerprint density at radius 1 is 0.500 bits per heavy atom. The molecule has 0 spiro atoms. The molecule has 0 saturated carbocycles. The van der Waals surface area contributed by atoms with Gasteiger partial charge >= 0.3 is 179 Å². The van der Waals surface area contributed by atoms with Crippen LogP contribution in [0.3, 0.4) is 0 Å². The van der Waals surface area contributed by atoms with E-state index in [2.05, 4.69) is 102 Å². The van der Waals surface area contributed by atoms with E-state index in [0.29, 0.717) is 17.0 Å². The molecule has 3 nitrogen and oxygen atoms in total. The molecular formula is C21H54BO3P3. The first-order chi connectivity index (χ1) is 12.1. The summed E-state index contributed by atoms with van der Waals surface area (Å²) in [7, 11) is -0.593. The monoisotopic (exact) mass is 458 g/mol. The molecule has 0 aliphatic heterocycles. The Hall–Kier alpha value is 1.23. The fraction of sp³-hybridized carbons (Fsp3) is 1.00. The van der Waals surface area contributed by atoms with Crippen LogP contribution in [-0.2, 0) is 13.3 Å². The Labute approximate surface area is 179 Å². The quantitative estimate of drug-likeness (QED) is 0.224. The van der Waals surface area contributed by atoms with E-state index >= 15 is 0 Å². The summed E-state index contributed by atoms with van der Waals surface area (Å²) >= 11 is 0. The second-order valence-corrected chi connectivity index (χ2v) is 32.6. The zero-order chi connectivity index (χ0) is 22.9. The molecule has 28 heavy (non-hydrogen) atoms. The van der Waals surface area contributed by atoms with Crippen LogP contribution in [0.1, 0.15) is 60.8 Å². The molecule has 0 aromatic rings. The molecule has 3 unspecified atom stereocenters. The van der Waals surface area contributed by atoms with Crippen molar-refractivity contribution in [3.05, 3.63) is 0 Å². The fourth-order valence-corrected chi connectivity index (χ4v) is 9.83. The van der Waals surface area contributed by atoms with Gasteiger partial charge in [-0.05, 0) is 0 Å². The van der Waals surface area contributed by atoms with Gasteiger partial charge in [-0.15, -0.1) is 0 Å². The van der Waals surface area contributed by atoms with Crippen molar-refractivity contribution in [3.8, 4) is 0 Å². The summed E-state index contributed by atoms with van der Waals surface area (Å²) < 4.78 is 20.8. The van der Waals surface area contributed by atoms with E-state index in [4.69, 9.17) is 13.3 Å². The van der Waals surface area contributed by atoms with Crippen LogP contribution in [0.2, 0.25) is 0 Å². The first-order valence-electron chi connectivity index (χ1n) is 11.1. The third-order valence-electron chi connectivity index (χ3n) is 7.67. The van der Waals surface area contributed by atoms with E-state index in [1.807, 2.05) is 0 Å². The van der Waals surface area contributed by atoms with Crippen LogP contribution < -0.4 is 0 Å². The van der Waals surface area contributed by atoms with E-state index in [1.165, 1.54) is 0 Å². The van der Waals surface area contributed by atoms with Crippen molar-refractivity contribution in [2.75, 3.05) is 60.0 Å². The first kappa shape index (κ1) is 29.2. The molecule has 0 N–H and O–H groups in total. The molecule has 0 aliphatic rings. The Morgan fingerprint density at radius 2 is 0.679 bits per heavy atom. The van der Waals surface area contributed by atoms with Gasteiger partial charge in [-0.3, -0.25) is 0 Å². The van der Waals surface area contributed by atoms with Gasteiger partial charge in [0.05, 0.1) is 0 Å². The Balaban J connectivity index is 6.15. The second kappa shape index (κ2) is 8.64. The van der Waals surface area contributed by atoms with E-state index in [9.17, 15) is 0 Å². The van der Waals surface area contributed by atoms with Crippen molar-refractivity contribution < 1.29 is 13.3 Å². The number of hydrogen-bond donors (Lipinski definition) is 0. The average Bonchev–Trinajstić information content (AvgIpc) is 2.48. The Bertz CT molecular complexity index is 450. The standard InChI is InChI=1S/C21H54BO3P3/c1-16-19(4)26(7,8,9)23-22(24-27(10,11,12)20(5)17-2)25-28(13,14,15)21(6)18-3/h19-21H,16-18H2,1-15H3. The molecule has 7 heteroatoms. The van der Waals surface area contributed by atoms with Crippen molar-refractivity contribution in [1.82, 2.24) is 0 Å². The molecule has 0 radical (unpaired) electrons. The molecule has 0 heterocycles. The van der Waals surface area contributed by atoms with E-state index < -0.39 is 27.8 Å². The topological polar surface area (TPSA) is 27.7 Å². The van der Waals surface area contributed by atoms with Crippen molar-refractivity contribution in [2.45, 2.75) is 77.8 Å². The fourth-order valence-electron chi connectivity index (χ4n) is 3.16. The minimum absolute atomic E-state index is 0.501. The number of hydrogen-bond acceptors (Lipinski definition) is 3. The molecule has 3 atom stereocenters. The first-order valence-corrected chi connectivity index (χ1v) is 21.8. The van der Waals surface area contributed by atoms with Crippen LogP contribution in [0.25, 0.3) is 0 Å². The van der Waals surface area contributed by atoms with E-state index in [1.54, 1.807) is 0 Å². The summed E-state index contributed by atoms with van der Waals surface area (Å²) in [5, 5.41) is 0. The summed E-state index contributed by atoms with van der Waals surface area (Å²) in [6.45, 7) is 27.3. The van der Waals surface area contributed by atoms with Crippen molar-refractivity contribution in [2.24, 2.45) is 0 Å². The minimum atomic E-state index is -2.42. The van der Waals surface area contributed by atoms with Crippen molar-refractivity contribution in [3.63, 3.8) is 0 Å². The maximum atomic E-state index is 6.92. The summed E-state index contributed by atoms with van der Waals surface area (Å²) in [6, 6.07) is 0. The van der Waals surface area contributed by atoms with Gasteiger partial charge in [0.1, 0.15) is 0 Å². The van der Waals surface area contributed by atoms with Gasteiger partial charge in [-0.2, -0.15) is 0 Å². The maximum absolute atomic E-state index is 6.92. The molecule has 0 rings (SSSR count). The van der Waals surface area contributed by atoms with Crippen LogP contribution in [0.5, 0.6) is 0 Å². The Morgan fingerprint density at radius 3 is 0.821 bits per heavy atom. The molecule has 174 valence electrons. The Kier molecular flexibility index (Phi) is 9.02. The van der Waals surface area contributed by atoms with Crippen molar-refractivity contribution >= 4 is 27.8 Å². The molecule has 0 aromatic carbocycles. The van der Waals surface area contributed by atoms with Crippen LogP contribution in [0.4, 0.5) is 0 Å². The molecule has 0 bridgehead atoms. The van der Waals surface area contributed by atoms with Crippen LogP contribution in [-0.4, -0.2) is 84.3 Å². The molecule has 0 saturated heterocycles. The summed E-state index contributed by atoms with van der Waals surface area (Å²) in [4.78, 5) is 0. The molecular weight excluding hydrogens is 404 g/mol.